The second kappa shape index (κ2) is 4.91. The van der Waals surface area contributed by atoms with Crippen LogP contribution < -0.4 is 0 Å². The summed E-state index contributed by atoms with van der Waals surface area (Å²) < 4.78 is 0. The summed E-state index contributed by atoms with van der Waals surface area (Å²) in [6.07, 6.45) is 0.647. The molecule has 0 fully saturated rings. The zero-order chi connectivity index (χ0) is 10.6. The number of nitrogens with zero attached hydrogens (tertiary/aromatic N) is 1. The lowest BCUT2D eigenvalue weighted by Crippen LogP contribution is -1.95. The first-order valence-electron chi connectivity index (χ1n) is 4.86. The molecule has 1 N–H and O–H groups in total. The average Bonchev–Trinajstić information content (AvgIpc) is 2.12. The lowest BCUT2D eigenvalue weighted by atomic mass is 10.1. The Hall–Kier alpha value is -1.15. The van der Waals surface area contributed by atoms with Crippen LogP contribution in [0, 0.1) is 13.8 Å². The van der Waals surface area contributed by atoms with Gasteiger partial charge in [-0.2, -0.15) is 0 Å². The van der Waals surface area contributed by atoms with Crippen molar-refractivity contribution in [3.05, 3.63) is 29.3 Å². The Morgan fingerprint density at radius 3 is 2.36 bits per heavy atom. The number of aryl methyl sites for hydroxylation is 2. The lowest BCUT2D eigenvalue weighted by Gasteiger charge is -2.05. The first kappa shape index (κ1) is 10.9. The highest BCUT2D eigenvalue weighted by Crippen LogP contribution is 2.23. The summed E-state index contributed by atoms with van der Waals surface area (Å²) in [6.45, 7) is 6.22. The molecule has 0 unspecified atom stereocenters. The Bertz CT molecular complexity index is 322. The summed E-state index contributed by atoms with van der Waals surface area (Å²) in [5.74, 6) is 0. The molecule has 1 rings (SSSR count). The molecule has 0 heterocycles. The van der Waals surface area contributed by atoms with Gasteiger partial charge in [-0.25, -0.2) is 0 Å². The van der Waals surface area contributed by atoms with Crippen LogP contribution in [0.25, 0.3) is 0 Å². The van der Waals surface area contributed by atoms with E-state index in [-0.39, 0.29) is 6.61 Å². The summed E-state index contributed by atoms with van der Waals surface area (Å²) in [6, 6.07) is 6.14. The highest BCUT2D eigenvalue weighted by Gasteiger charge is 2.00. The molecule has 1 aromatic carbocycles. The number of para-hydroxylation sites is 1. The molecule has 0 aliphatic heterocycles. The summed E-state index contributed by atoms with van der Waals surface area (Å²) in [5.41, 5.74) is 4.38. The monoisotopic (exact) mass is 191 g/mol. The average molecular weight is 191 g/mol. The van der Waals surface area contributed by atoms with Crippen LogP contribution in [-0.4, -0.2) is 17.4 Å². The van der Waals surface area contributed by atoms with E-state index in [0.29, 0.717) is 6.42 Å². The van der Waals surface area contributed by atoms with Gasteiger partial charge in [0.15, 0.2) is 0 Å². The Morgan fingerprint density at radius 1 is 1.29 bits per heavy atom. The number of hydrogen-bond acceptors (Lipinski definition) is 2. The molecule has 0 bridgehead atoms. The topological polar surface area (TPSA) is 32.6 Å². The number of hydrogen-bond donors (Lipinski definition) is 1. The first-order valence-corrected chi connectivity index (χ1v) is 4.86. The molecule has 0 aliphatic rings. The maximum absolute atomic E-state index is 8.77. The molecule has 2 heteroatoms. The molecule has 1 aromatic rings. The number of rotatable bonds is 3. The Balaban J connectivity index is 3.01. The molecule has 0 aliphatic carbocycles. The van der Waals surface area contributed by atoms with E-state index in [0.717, 1.165) is 11.4 Å². The van der Waals surface area contributed by atoms with Gasteiger partial charge in [-0.3, -0.25) is 4.99 Å². The summed E-state index contributed by atoms with van der Waals surface area (Å²) in [5, 5.41) is 8.77. The second-order valence-electron chi connectivity index (χ2n) is 3.56. The minimum atomic E-state index is 0.167. The van der Waals surface area contributed by atoms with E-state index in [9.17, 15) is 0 Å². The molecule has 0 aromatic heterocycles. The van der Waals surface area contributed by atoms with Crippen LogP contribution in [0.15, 0.2) is 23.2 Å². The van der Waals surface area contributed by atoms with Gasteiger partial charge < -0.3 is 5.11 Å². The predicted octanol–water partition coefficient (Wildman–Crippen LogP) is 2.78. The van der Waals surface area contributed by atoms with E-state index in [1.807, 2.05) is 13.0 Å². The minimum absolute atomic E-state index is 0.167. The second-order valence-corrected chi connectivity index (χ2v) is 3.56. The lowest BCUT2D eigenvalue weighted by molar-refractivity contribution is 0.307. The van der Waals surface area contributed by atoms with Gasteiger partial charge in [0.25, 0.3) is 0 Å². The van der Waals surface area contributed by atoms with Crippen molar-refractivity contribution in [1.82, 2.24) is 0 Å². The molecular formula is C12H17NO. The number of aliphatic hydroxyl groups excluding tert-OH is 1. The zero-order valence-corrected chi connectivity index (χ0v) is 9.04. The van der Waals surface area contributed by atoms with Crippen LogP contribution in [0.3, 0.4) is 0 Å². The van der Waals surface area contributed by atoms with Crippen molar-refractivity contribution in [3.8, 4) is 0 Å². The van der Waals surface area contributed by atoms with Gasteiger partial charge in [0.05, 0.1) is 5.69 Å². The maximum atomic E-state index is 8.77. The third-order valence-corrected chi connectivity index (χ3v) is 2.22. The van der Waals surface area contributed by atoms with Crippen LogP contribution in [0.5, 0.6) is 0 Å². The van der Waals surface area contributed by atoms with Crippen molar-refractivity contribution in [2.24, 2.45) is 4.99 Å². The fraction of sp³-hybridized carbons (Fsp3) is 0.417. The third-order valence-electron chi connectivity index (χ3n) is 2.22. The van der Waals surface area contributed by atoms with Crippen LogP contribution in [0.2, 0.25) is 0 Å². The van der Waals surface area contributed by atoms with Crippen LogP contribution in [0.4, 0.5) is 5.69 Å². The molecule has 2 nitrogen and oxygen atoms in total. The summed E-state index contributed by atoms with van der Waals surface area (Å²) in [4.78, 5) is 4.50. The Kier molecular flexibility index (Phi) is 3.84. The normalized spacial score (nSPS) is 11.9. The van der Waals surface area contributed by atoms with Crippen molar-refractivity contribution in [2.45, 2.75) is 27.2 Å². The SMILES string of the molecule is C/C(CCO)=N\c1c(C)cccc1C. The van der Waals surface area contributed by atoms with E-state index in [1.165, 1.54) is 11.1 Å². The number of benzene rings is 1. The smallest absolute Gasteiger partial charge is 0.0687 e. The standard InChI is InChI=1S/C12H17NO/c1-9-5-4-6-10(2)12(9)13-11(3)7-8-14/h4-6,14H,7-8H2,1-3H3/b13-11+. The molecule has 0 saturated heterocycles. The van der Waals surface area contributed by atoms with Gasteiger partial charge in [0.1, 0.15) is 0 Å². The van der Waals surface area contributed by atoms with Gasteiger partial charge in [-0.15, -0.1) is 0 Å². The zero-order valence-electron chi connectivity index (χ0n) is 9.04. The van der Waals surface area contributed by atoms with E-state index in [2.05, 4.69) is 31.0 Å². The van der Waals surface area contributed by atoms with Crippen molar-refractivity contribution in [2.75, 3.05) is 6.61 Å². The van der Waals surface area contributed by atoms with Gasteiger partial charge >= 0.3 is 0 Å². The largest absolute Gasteiger partial charge is 0.396 e. The fourth-order valence-electron chi connectivity index (χ4n) is 1.39. The molecule has 0 atom stereocenters. The van der Waals surface area contributed by atoms with Crippen LogP contribution >= 0.6 is 0 Å². The van der Waals surface area contributed by atoms with Gasteiger partial charge in [0, 0.05) is 18.7 Å². The highest BCUT2D eigenvalue weighted by atomic mass is 16.3. The summed E-state index contributed by atoms with van der Waals surface area (Å²) in [7, 11) is 0. The molecule has 0 amide bonds. The molecule has 76 valence electrons. The van der Waals surface area contributed by atoms with E-state index in [4.69, 9.17) is 5.11 Å². The molecular weight excluding hydrogens is 174 g/mol. The summed E-state index contributed by atoms with van der Waals surface area (Å²) >= 11 is 0. The van der Waals surface area contributed by atoms with E-state index < -0.39 is 0 Å². The van der Waals surface area contributed by atoms with Gasteiger partial charge in [0.2, 0.25) is 0 Å². The Morgan fingerprint density at radius 2 is 1.86 bits per heavy atom. The highest BCUT2D eigenvalue weighted by molar-refractivity contribution is 5.85. The quantitative estimate of drug-likeness (QED) is 0.732. The molecule has 0 spiro atoms. The maximum Gasteiger partial charge on any atom is 0.0687 e. The molecule has 0 radical (unpaired) electrons. The van der Waals surface area contributed by atoms with Crippen molar-refractivity contribution in [3.63, 3.8) is 0 Å². The predicted molar refractivity (Wildman–Crippen MR) is 60.4 cm³/mol. The number of aliphatic imine (C=N–C) groups is 1. The van der Waals surface area contributed by atoms with E-state index in [1.54, 1.807) is 0 Å². The van der Waals surface area contributed by atoms with Crippen molar-refractivity contribution in [1.29, 1.82) is 0 Å². The van der Waals surface area contributed by atoms with Crippen LogP contribution in [-0.2, 0) is 0 Å². The minimum Gasteiger partial charge on any atom is -0.396 e. The van der Waals surface area contributed by atoms with Gasteiger partial charge in [-0.05, 0) is 31.9 Å². The van der Waals surface area contributed by atoms with Crippen molar-refractivity contribution >= 4 is 11.4 Å². The van der Waals surface area contributed by atoms with E-state index >= 15 is 0 Å². The Labute approximate surface area is 85.3 Å². The van der Waals surface area contributed by atoms with Crippen LogP contribution in [0.1, 0.15) is 24.5 Å². The van der Waals surface area contributed by atoms with Crippen molar-refractivity contribution < 1.29 is 5.11 Å². The third kappa shape index (κ3) is 2.67. The fourth-order valence-corrected chi connectivity index (χ4v) is 1.39. The van der Waals surface area contributed by atoms with Gasteiger partial charge in [-0.1, -0.05) is 18.2 Å². The molecule has 14 heavy (non-hydrogen) atoms. The number of aliphatic hydroxyl groups is 1. The molecule has 0 saturated carbocycles. The first-order chi connectivity index (χ1) is 6.65.